The summed E-state index contributed by atoms with van der Waals surface area (Å²) in [5.41, 5.74) is 1.85. The molecule has 0 unspecified atom stereocenters. The maximum absolute atomic E-state index is 10.8. The van der Waals surface area contributed by atoms with Crippen molar-refractivity contribution in [3.63, 3.8) is 0 Å². The highest BCUT2D eigenvalue weighted by molar-refractivity contribution is 7.98. The Bertz CT molecular complexity index is 582. The van der Waals surface area contributed by atoms with Gasteiger partial charge in [0.05, 0.1) is 11.3 Å². The van der Waals surface area contributed by atoms with Gasteiger partial charge in [-0.25, -0.2) is 9.78 Å². The topological polar surface area (TPSA) is 63.3 Å². The largest absolute Gasteiger partial charge is 0.478 e. The molecule has 0 radical (unpaired) electrons. The Morgan fingerprint density at radius 2 is 2.33 bits per heavy atom. The minimum Gasteiger partial charge on any atom is -0.478 e. The lowest BCUT2D eigenvalue weighted by Crippen LogP contribution is -1.96. The fourth-order valence-electron chi connectivity index (χ4n) is 1.34. The van der Waals surface area contributed by atoms with Crippen LogP contribution in [0.5, 0.6) is 0 Å². The van der Waals surface area contributed by atoms with Gasteiger partial charge in [-0.2, -0.15) is 0 Å². The molecule has 1 aromatic carbocycles. The molecule has 4 nitrogen and oxygen atoms in total. The van der Waals surface area contributed by atoms with Gasteiger partial charge < -0.3 is 9.52 Å². The molecule has 0 aliphatic heterocycles. The molecule has 18 heavy (non-hydrogen) atoms. The van der Waals surface area contributed by atoms with Crippen molar-refractivity contribution in [1.82, 2.24) is 4.98 Å². The summed E-state index contributed by atoms with van der Waals surface area (Å²) in [6, 6.07) is 4.68. The van der Waals surface area contributed by atoms with E-state index in [2.05, 4.69) is 4.98 Å². The fraction of sp³-hybridized carbons (Fsp3) is 0.167. The number of hydrogen-bond acceptors (Lipinski definition) is 4. The predicted octanol–water partition coefficient (Wildman–Crippen LogP) is 3.63. The number of benzene rings is 1. The number of thioether (sulfide) groups is 1. The number of aromatic nitrogens is 1. The lowest BCUT2D eigenvalue weighted by molar-refractivity contribution is 0.0697. The van der Waals surface area contributed by atoms with E-state index < -0.39 is 5.97 Å². The van der Waals surface area contributed by atoms with Gasteiger partial charge in [-0.05, 0) is 24.6 Å². The second kappa shape index (κ2) is 5.46. The molecule has 0 atom stereocenters. The second-order valence-corrected chi connectivity index (χ2v) is 4.99. The smallest absolute Gasteiger partial charge is 0.335 e. The summed E-state index contributed by atoms with van der Waals surface area (Å²) in [7, 11) is 0. The van der Waals surface area contributed by atoms with Crippen LogP contribution in [0.3, 0.4) is 0 Å². The lowest BCUT2D eigenvalue weighted by Gasteiger charge is -2.03. The van der Waals surface area contributed by atoms with E-state index >= 15 is 0 Å². The summed E-state index contributed by atoms with van der Waals surface area (Å²) >= 11 is 7.43. The number of hydrogen-bond donors (Lipinski definition) is 1. The quantitative estimate of drug-likeness (QED) is 0.868. The summed E-state index contributed by atoms with van der Waals surface area (Å²) in [5.74, 6) is -0.405. The molecule has 0 aliphatic carbocycles. The molecule has 0 fully saturated rings. The highest BCUT2D eigenvalue weighted by Gasteiger charge is 2.09. The third-order valence-corrected chi connectivity index (χ3v) is 3.49. The van der Waals surface area contributed by atoms with Gasteiger partial charge >= 0.3 is 5.97 Å². The first kappa shape index (κ1) is 13.0. The molecule has 94 valence electrons. The minimum absolute atomic E-state index is 0.181. The Morgan fingerprint density at radius 3 is 2.89 bits per heavy atom. The number of aromatic carboxylic acids is 1. The van der Waals surface area contributed by atoms with Crippen LogP contribution in [0.1, 0.15) is 21.6 Å². The number of oxazole rings is 1. The molecule has 6 heteroatoms. The van der Waals surface area contributed by atoms with Crippen molar-refractivity contribution in [2.24, 2.45) is 0 Å². The molecular weight excluding hydrogens is 274 g/mol. The number of carboxylic acids is 1. The van der Waals surface area contributed by atoms with Gasteiger partial charge in [0.25, 0.3) is 5.22 Å². The van der Waals surface area contributed by atoms with Crippen molar-refractivity contribution >= 4 is 29.3 Å². The predicted molar refractivity (Wildman–Crippen MR) is 69.2 cm³/mol. The number of halogens is 1. The van der Waals surface area contributed by atoms with Gasteiger partial charge in [-0.3, -0.25) is 0 Å². The maximum Gasteiger partial charge on any atom is 0.335 e. The van der Waals surface area contributed by atoms with Gasteiger partial charge in [-0.1, -0.05) is 29.4 Å². The number of carbonyl (C=O) groups is 1. The Labute approximate surface area is 113 Å². The zero-order chi connectivity index (χ0) is 13.1. The van der Waals surface area contributed by atoms with Crippen LogP contribution in [0, 0.1) is 6.92 Å². The van der Waals surface area contributed by atoms with E-state index in [1.165, 1.54) is 23.9 Å². The van der Waals surface area contributed by atoms with Crippen LogP contribution in [-0.4, -0.2) is 16.1 Å². The second-order valence-electron chi connectivity index (χ2n) is 3.65. The third-order valence-electron chi connectivity index (χ3n) is 2.25. The standard InChI is InChI=1S/C12H10ClNO3S/c1-7-5-17-12(14-7)18-6-9-3-2-8(11(15)16)4-10(9)13/h2-5H,6H2,1H3,(H,15,16). The van der Waals surface area contributed by atoms with Crippen LogP contribution < -0.4 is 0 Å². The summed E-state index contributed by atoms with van der Waals surface area (Å²) in [6.07, 6.45) is 1.58. The molecule has 2 aromatic rings. The molecular formula is C12H10ClNO3S. The molecule has 1 heterocycles. The van der Waals surface area contributed by atoms with E-state index in [0.29, 0.717) is 16.0 Å². The van der Waals surface area contributed by atoms with E-state index in [0.717, 1.165) is 11.3 Å². The zero-order valence-electron chi connectivity index (χ0n) is 9.51. The molecule has 1 aromatic heterocycles. The van der Waals surface area contributed by atoms with Gasteiger partial charge in [0.1, 0.15) is 6.26 Å². The molecule has 0 saturated carbocycles. The van der Waals surface area contributed by atoms with E-state index in [1.807, 2.05) is 6.92 Å². The Hall–Kier alpha value is -1.46. The van der Waals surface area contributed by atoms with Crippen LogP contribution in [0.4, 0.5) is 0 Å². The summed E-state index contributed by atoms with van der Waals surface area (Å²) in [6.45, 7) is 1.85. The SMILES string of the molecule is Cc1coc(SCc2ccc(C(=O)O)cc2Cl)n1. The molecule has 0 saturated heterocycles. The third kappa shape index (κ3) is 3.05. The highest BCUT2D eigenvalue weighted by Crippen LogP contribution is 2.26. The fourth-order valence-corrected chi connectivity index (χ4v) is 2.52. The van der Waals surface area contributed by atoms with Crippen molar-refractivity contribution in [3.8, 4) is 0 Å². The average Bonchev–Trinajstić information content (AvgIpc) is 2.73. The van der Waals surface area contributed by atoms with Crippen molar-refractivity contribution in [2.75, 3.05) is 0 Å². The first-order valence-electron chi connectivity index (χ1n) is 5.13. The summed E-state index contributed by atoms with van der Waals surface area (Å²) in [4.78, 5) is 14.9. The van der Waals surface area contributed by atoms with Crippen molar-refractivity contribution < 1.29 is 14.3 Å². The van der Waals surface area contributed by atoms with E-state index in [9.17, 15) is 4.79 Å². The maximum atomic E-state index is 10.8. The van der Waals surface area contributed by atoms with Crippen LogP contribution in [0.25, 0.3) is 0 Å². The van der Waals surface area contributed by atoms with Gasteiger partial charge in [0, 0.05) is 10.8 Å². The molecule has 0 spiro atoms. The van der Waals surface area contributed by atoms with Crippen LogP contribution in [0.2, 0.25) is 5.02 Å². The van der Waals surface area contributed by atoms with Crippen LogP contribution in [0.15, 0.2) is 34.1 Å². The van der Waals surface area contributed by atoms with Gasteiger partial charge in [0.15, 0.2) is 0 Å². The monoisotopic (exact) mass is 283 g/mol. The van der Waals surface area contributed by atoms with E-state index in [-0.39, 0.29) is 5.56 Å². The first-order valence-corrected chi connectivity index (χ1v) is 6.49. The van der Waals surface area contributed by atoms with Gasteiger partial charge in [0.2, 0.25) is 0 Å². The molecule has 0 bridgehead atoms. The van der Waals surface area contributed by atoms with Crippen LogP contribution >= 0.6 is 23.4 Å². The molecule has 0 amide bonds. The van der Waals surface area contributed by atoms with Crippen molar-refractivity contribution in [2.45, 2.75) is 17.9 Å². The number of aryl methyl sites for hydroxylation is 1. The summed E-state index contributed by atoms with van der Waals surface area (Å²) < 4.78 is 5.20. The van der Waals surface area contributed by atoms with E-state index in [4.69, 9.17) is 21.1 Å². The van der Waals surface area contributed by atoms with Crippen molar-refractivity contribution in [3.05, 3.63) is 46.3 Å². The Morgan fingerprint density at radius 1 is 1.56 bits per heavy atom. The molecule has 1 N–H and O–H groups in total. The van der Waals surface area contributed by atoms with Crippen LogP contribution in [-0.2, 0) is 5.75 Å². The molecule has 0 aliphatic rings. The Kier molecular flexibility index (Phi) is 3.93. The van der Waals surface area contributed by atoms with Gasteiger partial charge in [-0.15, -0.1) is 0 Å². The normalized spacial score (nSPS) is 10.6. The highest BCUT2D eigenvalue weighted by atomic mass is 35.5. The average molecular weight is 284 g/mol. The lowest BCUT2D eigenvalue weighted by atomic mass is 10.1. The first-order chi connectivity index (χ1) is 8.56. The number of nitrogens with zero attached hydrogens (tertiary/aromatic N) is 1. The zero-order valence-corrected chi connectivity index (χ0v) is 11.1. The number of rotatable bonds is 4. The van der Waals surface area contributed by atoms with E-state index in [1.54, 1.807) is 12.3 Å². The minimum atomic E-state index is -0.987. The molecule has 2 rings (SSSR count). The number of carboxylic acid groups (broad SMARTS) is 1. The summed E-state index contributed by atoms with van der Waals surface area (Å²) in [5, 5.41) is 9.83. The van der Waals surface area contributed by atoms with Crippen molar-refractivity contribution in [1.29, 1.82) is 0 Å². The Balaban J connectivity index is 2.08.